The lowest BCUT2D eigenvalue weighted by Crippen LogP contribution is -2.32. The van der Waals surface area contributed by atoms with Crippen LogP contribution in [0, 0.1) is 12.7 Å². The molecule has 0 aliphatic rings. The van der Waals surface area contributed by atoms with Crippen molar-refractivity contribution in [1.29, 1.82) is 0 Å². The second-order valence-electron chi connectivity index (χ2n) is 5.86. The molecule has 1 aromatic carbocycles. The predicted molar refractivity (Wildman–Crippen MR) is 95.1 cm³/mol. The van der Waals surface area contributed by atoms with E-state index >= 15 is 0 Å². The summed E-state index contributed by atoms with van der Waals surface area (Å²) in [5.74, 6) is 0.0298. The molecule has 0 saturated carbocycles. The summed E-state index contributed by atoms with van der Waals surface area (Å²) in [4.78, 5) is 13.8. The summed E-state index contributed by atoms with van der Waals surface area (Å²) in [7, 11) is 0. The Morgan fingerprint density at radius 1 is 1.32 bits per heavy atom. The van der Waals surface area contributed by atoms with Gasteiger partial charge < -0.3 is 9.84 Å². The average Bonchev–Trinajstić information content (AvgIpc) is 3.25. The molecule has 0 radical (unpaired) electrons. The lowest BCUT2D eigenvalue weighted by Gasteiger charge is -2.16. The molecule has 3 rings (SSSR count). The monoisotopic (exact) mass is 358 g/mol. The summed E-state index contributed by atoms with van der Waals surface area (Å²) in [6, 6.07) is 12.0. The van der Waals surface area contributed by atoms with Crippen molar-refractivity contribution < 1.29 is 13.7 Å². The van der Waals surface area contributed by atoms with Gasteiger partial charge in [0.15, 0.2) is 0 Å². The predicted octanol–water partition coefficient (Wildman–Crippen LogP) is 3.87. The van der Waals surface area contributed by atoms with Crippen LogP contribution in [0.1, 0.15) is 27.8 Å². The Hall–Kier alpha value is -2.47. The number of benzene rings is 1. The number of nitrogens with one attached hydrogen (secondary N) is 1. The first-order valence-corrected chi connectivity index (χ1v) is 8.97. The standard InChI is InChI=1S/C19H19FN2O2S/c1-13-11-16(22-24-13)8-9-21-19(23)18(12-17-3-2-10-25-17)14-4-6-15(20)7-5-14/h2-7,10-11,18H,8-9,12H2,1H3,(H,21,23). The van der Waals surface area contributed by atoms with E-state index < -0.39 is 0 Å². The van der Waals surface area contributed by atoms with Crippen LogP contribution in [0.4, 0.5) is 4.39 Å². The average molecular weight is 358 g/mol. The molecule has 1 amide bonds. The highest BCUT2D eigenvalue weighted by Crippen LogP contribution is 2.24. The highest BCUT2D eigenvalue weighted by molar-refractivity contribution is 7.09. The Balaban J connectivity index is 1.66. The molecular formula is C19H19FN2O2S. The number of rotatable bonds is 7. The Bertz CT molecular complexity index is 812. The van der Waals surface area contributed by atoms with E-state index in [-0.39, 0.29) is 17.6 Å². The van der Waals surface area contributed by atoms with Crippen molar-refractivity contribution in [1.82, 2.24) is 10.5 Å². The second-order valence-corrected chi connectivity index (χ2v) is 6.89. The molecule has 0 bridgehead atoms. The van der Waals surface area contributed by atoms with E-state index in [4.69, 9.17) is 4.52 Å². The number of nitrogens with zero attached hydrogens (tertiary/aromatic N) is 1. The second kappa shape index (κ2) is 8.07. The third kappa shape index (κ3) is 4.76. The zero-order chi connectivity index (χ0) is 17.6. The van der Waals surface area contributed by atoms with Crippen LogP contribution in [-0.4, -0.2) is 17.6 Å². The van der Waals surface area contributed by atoms with E-state index in [0.29, 0.717) is 19.4 Å². The Morgan fingerprint density at radius 2 is 2.12 bits per heavy atom. The van der Waals surface area contributed by atoms with E-state index in [1.807, 2.05) is 30.5 Å². The molecule has 0 fully saturated rings. The molecule has 4 nitrogen and oxygen atoms in total. The van der Waals surface area contributed by atoms with Crippen LogP contribution in [0.3, 0.4) is 0 Å². The fraction of sp³-hybridized carbons (Fsp3) is 0.263. The minimum absolute atomic E-state index is 0.0692. The number of hydrogen-bond acceptors (Lipinski definition) is 4. The first-order valence-electron chi connectivity index (χ1n) is 8.09. The maximum atomic E-state index is 13.2. The van der Waals surface area contributed by atoms with Gasteiger partial charge in [0.1, 0.15) is 11.6 Å². The number of hydrogen-bond donors (Lipinski definition) is 1. The lowest BCUT2D eigenvalue weighted by molar-refractivity contribution is -0.122. The van der Waals surface area contributed by atoms with Gasteiger partial charge in [-0.2, -0.15) is 0 Å². The molecule has 2 heterocycles. The van der Waals surface area contributed by atoms with Gasteiger partial charge in [-0.1, -0.05) is 23.4 Å². The molecule has 1 unspecified atom stereocenters. The summed E-state index contributed by atoms with van der Waals surface area (Å²) in [6.07, 6.45) is 1.20. The first-order chi connectivity index (χ1) is 12.1. The van der Waals surface area contributed by atoms with Crippen molar-refractivity contribution in [3.05, 3.63) is 75.6 Å². The number of carbonyl (C=O) groups excluding carboxylic acids is 1. The lowest BCUT2D eigenvalue weighted by atomic mass is 9.94. The van der Waals surface area contributed by atoms with Crippen molar-refractivity contribution in [3.8, 4) is 0 Å². The van der Waals surface area contributed by atoms with Crippen LogP contribution >= 0.6 is 11.3 Å². The smallest absolute Gasteiger partial charge is 0.227 e. The fourth-order valence-electron chi connectivity index (χ4n) is 2.66. The number of halogens is 1. The van der Waals surface area contributed by atoms with Gasteiger partial charge in [-0.3, -0.25) is 4.79 Å². The molecule has 2 aromatic heterocycles. The first kappa shape index (κ1) is 17.4. The molecule has 6 heteroatoms. The Labute approximate surface area is 149 Å². The molecule has 0 aliphatic heterocycles. The fourth-order valence-corrected chi connectivity index (χ4v) is 3.41. The van der Waals surface area contributed by atoms with Crippen molar-refractivity contribution >= 4 is 17.2 Å². The third-order valence-electron chi connectivity index (χ3n) is 3.93. The summed E-state index contributed by atoms with van der Waals surface area (Å²) in [5, 5.41) is 8.86. The maximum Gasteiger partial charge on any atom is 0.227 e. The molecule has 0 spiro atoms. The van der Waals surface area contributed by atoms with Crippen LogP contribution in [0.2, 0.25) is 0 Å². The van der Waals surface area contributed by atoms with Gasteiger partial charge in [0.05, 0.1) is 11.6 Å². The molecule has 1 atom stereocenters. The minimum Gasteiger partial charge on any atom is -0.361 e. The minimum atomic E-state index is -0.349. The van der Waals surface area contributed by atoms with Gasteiger partial charge in [-0.05, 0) is 42.5 Å². The topological polar surface area (TPSA) is 55.1 Å². The SMILES string of the molecule is Cc1cc(CCNC(=O)C(Cc2cccs2)c2ccc(F)cc2)no1. The molecular weight excluding hydrogens is 339 g/mol. The molecule has 0 saturated heterocycles. The van der Waals surface area contributed by atoms with Gasteiger partial charge in [-0.25, -0.2) is 4.39 Å². The van der Waals surface area contributed by atoms with E-state index in [9.17, 15) is 9.18 Å². The van der Waals surface area contributed by atoms with Crippen LogP contribution in [-0.2, 0) is 17.6 Å². The summed E-state index contributed by atoms with van der Waals surface area (Å²) >= 11 is 1.61. The summed E-state index contributed by atoms with van der Waals surface area (Å²) in [6.45, 7) is 2.31. The van der Waals surface area contributed by atoms with Crippen LogP contribution < -0.4 is 5.32 Å². The Kier molecular flexibility index (Phi) is 5.60. The highest BCUT2D eigenvalue weighted by Gasteiger charge is 2.21. The van der Waals surface area contributed by atoms with E-state index in [2.05, 4.69) is 10.5 Å². The summed E-state index contributed by atoms with van der Waals surface area (Å²) in [5.41, 5.74) is 1.62. The molecule has 3 aromatic rings. The van der Waals surface area contributed by atoms with E-state index in [1.165, 1.54) is 12.1 Å². The molecule has 130 valence electrons. The zero-order valence-corrected chi connectivity index (χ0v) is 14.7. The largest absolute Gasteiger partial charge is 0.361 e. The normalized spacial score (nSPS) is 12.1. The van der Waals surface area contributed by atoms with Gasteiger partial charge in [0.25, 0.3) is 0 Å². The van der Waals surface area contributed by atoms with Crippen molar-refractivity contribution in [2.75, 3.05) is 6.54 Å². The van der Waals surface area contributed by atoms with Gasteiger partial charge in [-0.15, -0.1) is 11.3 Å². The van der Waals surface area contributed by atoms with E-state index in [0.717, 1.165) is 21.9 Å². The van der Waals surface area contributed by atoms with Crippen molar-refractivity contribution in [2.45, 2.75) is 25.7 Å². The van der Waals surface area contributed by atoms with Gasteiger partial charge >= 0.3 is 0 Å². The van der Waals surface area contributed by atoms with E-state index in [1.54, 1.807) is 23.5 Å². The van der Waals surface area contributed by atoms with Crippen molar-refractivity contribution in [3.63, 3.8) is 0 Å². The Morgan fingerprint density at radius 3 is 2.76 bits per heavy atom. The number of aromatic nitrogens is 1. The van der Waals surface area contributed by atoms with Crippen molar-refractivity contribution in [2.24, 2.45) is 0 Å². The number of thiophene rings is 1. The zero-order valence-electron chi connectivity index (χ0n) is 13.9. The highest BCUT2D eigenvalue weighted by atomic mass is 32.1. The quantitative estimate of drug-likeness (QED) is 0.698. The van der Waals surface area contributed by atoms with Crippen LogP contribution in [0.15, 0.2) is 52.4 Å². The van der Waals surface area contributed by atoms with Crippen LogP contribution in [0.25, 0.3) is 0 Å². The number of aryl methyl sites for hydroxylation is 1. The molecule has 0 aliphatic carbocycles. The molecule has 25 heavy (non-hydrogen) atoms. The maximum absolute atomic E-state index is 13.2. The summed E-state index contributed by atoms with van der Waals surface area (Å²) < 4.78 is 18.2. The molecule has 1 N–H and O–H groups in total. The number of amides is 1. The third-order valence-corrected chi connectivity index (χ3v) is 4.83. The van der Waals surface area contributed by atoms with Crippen LogP contribution in [0.5, 0.6) is 0 Å². The van der Waals surface area contributed by atoms with Gasteiger partial charge in [0, 0.05) is 23.9 Å². The number of carbonyl (C=O) groups is 1. The van der Waals surface area contributed by atoms with Gasteiger partial charge in [0.2, 0.25) is 5.91 Å².